The highest BCUT2D eigenvalue weighted by Crippen LogP contribution is 2.34. The first kappa shape index (κ1) is 12.0. The Labute approximate surface area is 105 Å². The Morgan fingerprint density at radius 3 is 2.44 bits per heavy atom. The first-order chi connectivity index (χ1) is 7.56. The number of nitrogens with one attached hydrogen (secondary N) is 1. The lowest BCUT2D eigenvalue weighted by molar-refractivity contribution is 0.626. The second-order valence-corrected chi connectivity index (χ2v) is 5.29. The van der Waals surface area contributed by atoms with Crippen LogP contribution in [-0.2, 0) is 0 Å². The summed E-state index contributed by atoms with van der Waals surface area (Å²) in [5, 5.41) is 3.41. The van der Waals surface area contributed by atoms with Crippen LogP contribution in [0.5, 0.6) is 0 Å². The van der Waals surface area contributed by atoms with Gasteiger partial charge in [0.2, 0.25) is 0 Å². The number of rotatable bonds is 4. The van der Waals surface area contributed by atoms with Crippen LogP contribution < -0.4 is 5.32 Å². The SMILES string of the molecule is CC(CC1CC1)Nc1cc(Cl)c(F)c(Cl)c1. The quantitative estimate of drug-likeness (QED) is 0.773. The summed E-state index contributed by atoms with van der Waals surface area (Å²) >= 11 is 11.4. The molecule has 0 bridgehead atoms. The summed E-state index contributed by atoms with van der Waals surface area (Å²) in [7, 11) is 0. The number of benzene rings is 1. The summed E-state index contributed by atoms with van der Waals surface area (Å²) in [5.41, 5.74) is 0.782. The minimum absolute atomic E-state index is 0.0635. The Balaban J connectivity index is 2.02. The van der Waals surface area contributed by atoms with E-state index in [0.29, 0.717) is 6.04 Å². The van der Waals surface area contributed by atoms with E-state index in [1.807, 2.05) is 0 Å². The molecule has 0 amide bonds. The molecule has 1 N–H and O–H groups in total. The summed E-state index contributed by atoms with van der Waals surface area (Å²) in [4.78, 5) is 0. The average Bonchev–Trinajstić information content (AvgIpc) is 2.97. The smallest absolute Gasteiger partial charge is 0.160 e. The molecule has 0 radical (unpaired) electrons. The topological polar surface area (TPSA) is 12.0 Å². The summed E-state index contributed by atoms with van der Waals surface area (Å²) < 4.78 is 13.2. The molecule has 2 rings (SSSR count). The highest BCUT2D eigenvalue weighted by Gasteiger charge is 2.23. The van der Waals surface area contributed by atoms with Crippen molar-refractivity contribution in [1.82, 2.24) is 0 Å². The molecule has 1 aliphatic carbocycles. The van der Waals surface area contributed by atoms with Crippen molar-refractivity contribution in [2.45, 2.75) is 32.2 Å². The number of hydrogen-bond acceptors (Lipinski definition) is 1. The Morgan fingerprint density at radius 1 is 1.38 bits per heavy atom. The lowest BCUT2D eigenvalue weighted by Gasteiger charge is -2.15. The Hall–Kier alpha value is -0.470. The maximum Gasteiger partial charge on any atom is 0.160 e. The molecule has 0 spiro atoms. The van der Waals surface area contributed by atoms with E-state index in [2.05, 4.69) is 12.2 Å². The largest absolute Gasteiger partial charge is 0.382 e. The Kier molecular flexibility index (Phi) is 3.60. The van der Waals surface area contributed by atoms with E-state index in [0.717, 1.165) is 18.0 Å². The van der Waals surface area contributed by atoms with Crippen molar-refractivity contribution in [3.63, 3.8) is 0 Å². The van der Waals surface area contributed by atoms with Crippen LogP contribution in [0, 0.1) is 11.7 Å². The summed E-state index contributed by atoms with van der Waals surface area (Å²) in [6.07, 6.45) is 3.81. The Bertz CT molecular complexity index is 368. The summed E-state index contributed by atoms with van der Waals surface area (Å²) in [6.45, 7) is 2.11. The number of anilines is 1. The van der Waals surface area contributed by atoms with Crippen LogP contribution in [0.25, 0.3) is 0 Å². The van der Waals surface area contributed by atoms with Crippen molar-refractivity contribution in [1.29, 1.82) is 0 Å². The van der Waals surface area contributed by atoms with Gasteiger partial charge in [-0.05, 0) is 31.4 Å². The fraction of sp³-hybridized carbons (Fsp3) is 0.500. The first-order valence-electron chi connectivity index (χ1n) is 5.47. The molecule has 16 heavy (non-hydrogen) atoms. The third kappa shape index (κ3) is 3.02. The van der Waals surface area contributed by atoms with Crippen molar-refractivity contribution < 1.29 is 4.39 Å². The molecule has 1 saturated carbocycles. The normalized spacial score (nSPS) is 17.2. The molecule has 1 aromatic carbocycles. The molecule has 0 saturated heterocycles. The van der Waals surface area contributed by atoms with E-state index in [9.17, 15) is 4.39 Å². The highest BCUT2D eigenvalue weighted by molar-refractivity contribution is 6.35. The molecule has 1 fully saturated rings. The van der Waals surface area contributed by atoms with Gasteiger partial charge in [0.05, 0.1) is 10.0 Å². The molecular formula is C12H14Cl2FN. The van der Waals surface area contributed by atoms with E-state index in [1.165, 1.54) is 12.8 Å². The molecule has 1 unspecified atom stereocenters. The average molecular weight is 262 g/mol. The monoisotopic (exact) mass is 261 g/mol. The van der Waals surface area contributed by atoms with Crippen molar-refractivity contribution in [3.05, 3.63) is 28.0 Å². The predicted molar refractivity (Wildman–Crippen MR) is 66.8 cm³/mol. The second kappa shape index (κ2) is 4.80. The van der Waals surface area contributed by atoms with Gasteiger partial charge in [0.15, 0.2) is 5.82 Å². The molecule has 0 aromatic heterocycles. The van der Waals surface area contributed by atoms with Gasteiger partial charge >= 0.3 is 0 Å². The predicted octanol–water partition coefficient (Wildman–Crippen LogP) is 4.73. The molecule has 0 heterocycles. The maximum atomic E-state index is 13.2. The third-order valence-corrected chi connectivity index (χ3v) is 3.33. The molecule has 1 aromatic rings. The van der Waals surface area contributed by atoms with Crippen molar-refractivity contribution in [3.8, 4) is 0 Å². The van der Waals surface area contributed by atoms with Gasteiger partial charge in [-0.15, -0.1) is 0 Å². The maximum absolute atomic E-state index is 13.2. The first-order valence-corrected chi connectivity index (χ1v) is 6.23. The summed E-state index contributed by atoms with van der Waals surface area (Å²) in [5.74, 6) is 0.303. The standard InChI is InChI=1S/C12H14Cl2FN/c1-7(4-8-2-3-8)16-9-5-10(13)12(15)11(14)6-9/h5-8,16H,2-4H2,1H3. The van der Waals surface area contributed by atoms with Crippen LogP contribution in [0.3, 0.4) is 0 Å². The van der Waals surface area contributed by atoms with Crippen LogP contribution in [0.2, 0.25) is 10.0 Å². The molecule has 1 nitrogen and oxygen atoms in total. The van der Waals surface area contributed by atoms with Crippen LogP contribution in [0.4, 0.5) is 10.1 Å². The minimum Gasteiger partial charge on any atom is -0.382 e. The lowest BCUT2D eigenvalue weighted by atomic mass is 10.1. The molecular weight excluding hydrogens is 248 g/mol. The van der Waals surface area contributed by atoms with Gasteiger partial charge in [0, 0.05) is 11.7 Å². The van der Waals surface area contributed by atoms with E-state index in [4.69, 9.17) is 23.2 Å². The fourth-order valence-corrected chi connectivity index (χ4v) is 2.32. The van der Waals surface area contributed by atoms with Crippen molar-refractivity contribution in [2.24, 2.45) is 5.92 Å². The molecule has 88 valence electrons. The van der Waals surface area contributed by atoms with Gasteiger partial charge in [-0.3, -0.25) is 0 Å². The molecule has 4 heteroatoms. The second-order valence-electron chi connectivity index (χ2n) is 4.48. The van der Waals surface area contributed by atoms with Crippen LogP contribution in [0.15, 0.2) is 12.1 Å². The zero-order chi connectivity index (χ0) is 11.7. The van der Waals surface area contributed by atoms with E-state index in [-0.39, 0.29) is 10.0 Å². The zero-order valence-electron chi connectivity index (χ0n) is 9.06. The molecule has 1 atom stereocenters. The van der Waals surface area contributed by atoms with Crippen molar-refractivity contribution >= 4 is 28.9 Å². The van der Waals surface area contributed by atoms with E-state index >= 15 is 0 Å². The molecule has 1 aliphatic rings. The van der Waals surface area contributed by atoms with E-state index < -0.39 is 5.82 Å². The van der Waals surface area contributed by atoms with Crippen molar-refractivity contribution in [2.75, 3.05) is 5.32 Å². The van der Waals surface area contributed by atoms with Crippen LogP contribution in [0.1, 0.15) is 26.2 Å². The van der Waals surface area contributed by atoms with Gasteiger partial charge in [-0.1, -0.05) is 36.0 Å². The highest BCUT2D eigenvalue weighted by atomic mass is 35.5. The zero-order valence-corrected chi connectivity index (χ0v) is 10.6. The fourth-order valence-electron chi connectivity index (χ4n) is 1.84. The Morgan fingerprint density at radius 2 is 1.94 bits per heavy atom. The van der Waals surface area contributed by atoms with Gasteiger partial charge in [0.1, 0.15) is 0 Å². The van der Waals surface area contributed by atoms with Gasteiger partial charge in [0.25, 0.3) is 0 Å². The van der Waals surface area contributed by atoms with Gasteiger partial charge in [-0.25, -0.2) is 4.39 Å². The minimum atomic E-state index is -0.552. The summed E-state index contributed by atoms with van der Waals surface area (Å²) in [6, 6.07) is 3.52. The van der Waals surface area contributed by atoms with Crippen LogP contribution in [-0.4, -0.2) is 6.04 Å². The van der Waals surface area contributed by atoms with Crippen LogP contribution >= 0.6 is 23.2 Å². The van der Waals surface area contributed by atoms with Gasteiger partial charge < -0.3 is 5.32 Å². The lowest BCUT2D eigenvalue weighted by Crippen LogP contribution is -2.15. The molecule has 0 aliphatic heterocycles. The number of hydrogen-bond donors (Lipinski definition) is 1. The third-order valence-electron chi connectivity index (χ3n) is 2.78. The van der Waals surface area contributed by atoms with Gasteiger partial charge in [-0.2, -0.15) is 0 Å². The van der Waals surface area contributed by atoms with E-state index in [1.54, 1.807) is 12.1 Å². The number of halogens is 3.